The predicted molar refractivity (Wildman–Crippen MR) is 33.7 cm³/mol. The Morgan fingerprint density at radius 3 is 3.44 bits per heavy atom. The van der Waals surface area contributed by atoms with Crippen molar-refractivity contribution in [2.75, 3.05) is 5.43 Å². The van der Waals surface area contributed by atoms with E-state index in [-0.39, 0.29) is 0 Å². The number of anilines is 1. The number of aromatic nitrogens is 2. The molecule has 2 rings (SSSR count). The highest BCUT2D eigenvalue weighted by Gasteiger charge is 2.10. The maximum absolute atomic E-state index is 4.09. The molecule has 2 heterocycles. The van der Waals surface area contributed by atoms with Gasteiger partial charge in [-0.25, -0.2) is 10.4 Å². The van der Waals surface area contributed by atoms with Gasteiger partial charge in [0, 0.05) is 5.69 Å². The lowest BCUT2D eigenvalue weighted by molar-refractivity contribution is 0.678. The fourth-order valence-electron chi connectivity index (χ4n) is 0.958. The summed E-state index contributed by atoms with van der Waals surface area (Å²) in [4.78, 5) is 4.09. The van der Waals surface area contributed by atoms with Gasteiger partial charge in [-0.05, 0) is 6.92 Å². The fourth-order valence-corrected chi connectivity index (χ4v) is 0.958. The summed E-state index contributed by atoms with van der Waals surface area (Å²) < 4.78 is 2.07. The van der Waals surface area contributed by atoms with Crippen LogP contribution in [0.5, 0.6) is 0 Å². The van der Waals surface area contributed by atoms with Crippen LogP contribution in [0.1, 0.15) is 5.69 Å². The molecular weight excluding hydrogens is 116 g/mol. The number of hydrazine groups is 1. The molecule has 0 aromatic carbocycles. The monoisotopic (exact) mass is 124 g/mol. The van der Waals surface area contributed by atoms with Gasteiger partial charge in [-0.1, -0.05) is 0 Å². The number of fused-ring (bicyclic) bond motifs is 1. The number of imidazole rings is 1. The first kappa shape index (κ1) is 4.81. The minimum Gasteiger partial charge on any atom is -0.299 e. The van der Waals surface area contributed by atoms with Crippen LogP contribution in [0.25, 0.3) is 0 Å². The lowest BCUT2D eigenvalue weighted by atomic mass is 10.5. The average molecular weight is 124 g/mol. The summed E-state index contributed by atoms with van der Waals surface area (Å²) in [7, 11) is 0. The third kappa shape index (κ3) is 0.533. The summed E-state index contributed by atoms with van der Waals surface area (Å²) in [5, 5.41) is 0. The number of rotatable bonds is 0. The van der Waals surface area contributed by atoms with Crippen molar-refractivity contribution in [1.29, 1.82) is 0 Å². The zero-order chi connectivity index (χ0) is 6.27. The standard InChI is InChI=1S/C5H8N4/c1-4-2-6-5-8-7-3-9(4)5/h2,7H,3H2,1H3,(H,6,8). The second-order valence-corrected chi connectivity index (χ2v) is 2.11. The van der Waals surface area contributed by atoms with E-state index in [1.165, 1.54) is 5.69 Å². The van der Waals surface area contributed by atoms with Crippen LogP contribution in [0.15, 0.2) is 6.20 Å². The molecule has 0 radical (unpaired) electrons. The summed E-state index contributed by atoms with van der Waals surface area (Å²) in [5.74, 6) is 0.910. The Kier molecular flexibility index (Phi) is 0.790. The van der Waals surface area contributed by atoms with Crippen molar-refractivity contribution in [3.8, 4) is 0 Å². The molecule has 0 fully saturated rings. The quantitative estimate of drug-likeness (QED) is 0.514. The van der Waals surface area contributed by atoms with Gasteiger partial charge in [-0.3, -0.25) is 9.99 Å². The van der Waals surface area contributed by atoms with Crippen LogP contribution >= 0.6 is 0 Å². The van der Waals surface area contributed by atoms with Crippen molar-refractivity contribution >= 4 is 5.95 Å². The van der Waals surface area contributed by atoms with Crippen molar-refractivity contribution in [2.45, 2.75) is 13.6 Å². The Hall–Kier alpha value is -1.03. The number of nitrogens with zero attached hydrogens (tertiary/aromatic N) is 2. The van der Waals surface area contributed by atoms with Gasteiger partial charge in [0.05, 0.1) is 12.9 Å². The molecule has 2 N–H and O–H groups in total. The van der Waals surface area contributed by atoms with Gasteiger partial charge in [-0.15, -0.1) is 0 Å². The summed E-state index contributed by atoms with van der Waals surface area (Å²) in [6, 6.07) is 0. The van der Waals surface area contributed by atoms with Crippen molar-refractivity contribution < 1.29 is 0 Å². The molecule has 1 aliphatic rings. The van der Waals surface area contributed by atoms with Gasteiger partial charge in [0.2, 0.25) is 5.95 Å². The van der Waals surface area contributed by atoms with E-state index in [0.29, 0.717) is 0 Å². The van der Waals surface area contributed by atoms with E-state index >= 15 is 0 Å². The van der Waals surface area contributed by atoms with Gasteiger partial charge >= 0.3 is 0 Å². The second kappa shape index (κ2) is 1.48. The first-order chi connectivity index (χ1) is 4.38. The van der Waals surface area contributed by atoms with Gasteiger partial charge < -0.3 is 0 Å². The molecule has 48 valence electrons. The highest BCUT2D eigenvalue weighted by atomic mass is 15.5. The summed E-state index contributed by atoms with van der Waals surface area (Å²) in [6.45, 7) is 2.85. The Labute approximate surface area is 52.9 Å². The highest BCUT2D eigenvalue weighted by molar-refractivity contribution is 5.30. The molecule has 0 spiro atoms. The molecule has 0 bridgehead atoms. The van der Waals surface area contributed by atoms with Crippen molar-refractivity contribution in [2.24, 2.45) is 0 Å². The molecule has 0 saturated carbocycles. The summed E-state index contributed by atoms with van der Waals surface area (Å²) in [5.41, 5.74) is 7.06. The average Bonchev–Trinajstić information content (AvgIpc) is 2.35. The highest BCUT2D eigenvalue weighted by Crippen LogP contribution is 2.10. The molecule has 1 aromatic rings. The normalized spacial score (nSPS) is 15.2. The van der Waals surface area contributed by atoms with E-state index < -0.39 is 0 Å². The minimum absolute atomic E-state index is 0.821. The predicted octanol–water partition coefficient (Wildman–Crippen LogP) is 0.0791. The molecule has 4 heteroatoms. The zero-order valence-corrected chi connectivity index (χ0v) is 5.18. The number of hydrogen-bond donors (Lipinski definition) is 2. The molecule has 0 aliphatic carbocycles. The van der Waals surface area contributed by atoms with E-state index in [0.717, 1.165) is 12.6 Å². The Balaban J connectivity index is 2.56. The van der Waals surface area contributed by atoms with Crippen molar-refractivity contribution in [3.05, 3.63) is 11.9 Å². The summed E-state index contributed by atoms with van der Waals surface area (Å²) in [6.07, 6.45) is 1.85. The van der Waals surface area contributed by atoms with Gasteiger partial charge in [0.15, 0.2) is 0 Å². The van der Waals surface area contributed by atoms with Crippen LogP contribution in [-0.4, -0.2) is 9.55 Å². The first-order valence-corrected chi connectivity index (χ1v) is 2.89. The van der Waals surface area contributed by atoms with Crippen LogP contribution in [0, 0.1) is 6.92 Å². The lowest BCUT2D eigenvalue weighted by Gasteiger charge is -1.92. The fraction of sp³-hybridized carbons (Fsp3) is 0.400. The number of hydrogen-bond acceptors (Lipinski definition) is 3. The second-order valence-electron chi connectivity index (χ2n) is 2.11. The van der Waals surface area contributed by atoms with E-state index in [4.69, 9.17) is 0 Å². The lowest BCUT2D eigenvalue weighted by Crippen LogP contribution is -2.13. The molecule has 0 saturated heterocycles. The smallest absolute Gasteiger partial charge is 0.218 e. The Bertz CT molecular complexity index is 227. The molecule has 0 amide bonds. The Morgan fingerprint density at radius 1 is 1.78 bits per heavy atom. The number of aryl methyl sites for hydroxylation is 1. The third-order valence-corrected chi connectivity index (χ3v) is 1.49. The van der Waals surface area contributed by atoms with Crippen LogP contribution in [-0.2, 0) is 6.67 Å². The molecule has 0 atom stereocenters. The van der Waals surface area contributed by atoms with Crippen LogP contribution in [0.3, 0.4) is 0 Å². The van der Waals surface area contributed by atoms with E-state index in [1.54, 1.807) is 0 Å². The number of nitrogens with one attached hydrogen (secondary N) is 2. The topological polar surface area (TPSA) is 41.9 Å². The summed E-state index contributed by atoms with van der Waals surface area (Å²) >= 11 is 0. The van der Waals surface area contributed by atoms with E-state index in [9.17, 15) is 0 Å². The molecule has 1 aliphatic heterocycles. The van der Waals surface area contributed by atoms with Gasteiger partial charge in [0.1, 0.15) is 0 Å². The van der Waals surface area contributed by atoms with E-state index in [1.807, 2.05) is 13.1 Å². The molecule has 0 unspecified atom stereocenters. The maximum atomic E-state index is 4.09. The first-order valence-electron chi connectivity index (χ1n) is 2.89. The Morgan fingerprint density at radius 2 is 2.67 bits per heavy atom. The van der Waals surface area contributed by atoms with Crippen LogP contribution in [0.4, 0.5) is 5.95 Å². The van der Waals surface area contributed by atoms with Gasteiger partial charge in [0.25, 0.3) is 0 Å². The maximum Gasteiger partial charge on any atom is 0.218 e. The molecule has 1 aromatic heterocycles. The largest absolute Gasteiger partial charge is 0.299 e. The van der Waals surface area contributed by atoms with Crippen molar-refractivity contribution in [1.82, 2.24) is 15.0 Å². The molecule has 9 heavy (non-hydrogen) atoms. The molecular formula is C5H8N4. The third-order valence-electron chi connectivity index (χ3n) is 1.49. The van der Waals surface area contributed by atoms with Gasteiger partial charge in [-0.2, -0.15) is 0 Å². The minimum atomic E-state index is 0.821. The van der Waals surface area contributed by atoms with Crippen LogP contribution in [0.2, 0.25) is 0 Å². The van der Waals surface area contributed by atoms with E-state index in [2.05, 4.69) is 20.4 Å². The SMILES string of the molecule is Cc1cnc2n1CNN2. The molecule has 4 nitrogen and oxygen atoms in total. The zero-order valence-electron chi connectivity index (χ0n) is 5.18. The van der Waals surface area contributed by atoms with Crippen molar-refractivity contribution in [3.63, 3.8) is 0 Å². The van der Waals surface area contributed by atoms with Crippen LogP contribution < -0.4 is 10.9 Å².